The zero-order valence-corrected chi connectivity index (χ0v) is 13.2. The van der Waals surface area contributed by atoms with Gasteiger partial charge >= 0.3 is 11.6 Å². The molecule has 0 unspecified atom stereocenters. The van der Waals surface area contributed by atoms with Crippen molar-refractivity contribution >= 4 is 39.0 Å². The largest absolute Gasteiger partial charge is 0.432 e. The molecule has 1 N–H and O–H groups in total. The number of rotatable bonds is 5. The van der Waals surface area contributed by atoms with Crippen LogP contribution in [0.25, 0.3) is 0 Å². The summed E-state index contributed by atoms with van der Waals surface area (Å²) in [6, 6.07) is 4.94. The van der Waals surface area contributed by atoms with Crippen LogP contribution in [0, 0.1) is 10.1 Å². The summed E-state index contributed by atoms with van der Waals surface area (Å²) in [6.07, 6.45) is 1.19. The highest BCUT2D eigenvalue weighted by molar-refractivity contribution is 9.10. The quantitative estimate of drug-likeness (QED) is 0.628. The first kappa shape index (κ1) is 15.5. The number of nitro groups is 1. The van der Waals surface area contributed by atoms with Gasteiger partial charge in [-0.05, 0) is 25.1 Å². The highest BCUT2D eigenvalue weighted by Crippen LogP contribution is 2.37. The lowest BCUT2D eigenvalue weighted by Gasteiger charge is -2.09. The lowest BCUT2D eigenvalue weighted by atomic mass is 10.3. The highest BCUT2D eigenvalue weighted by Gasteiger charge is 2.25. The molecule has 0 saturated carbocycles. The van der Waals surface area contributed by atoms with Gasteiger partial charge in [0.15, 0.2) is 0 Å². The fraction of sp³-hybridized carbons (Fsp3) is 0.167. The van der Waals surface area contributed by atoms with Crippen LogP contribution >= 0.6 is 27.5 Å². The predicted octanol–water partition coefficient (Wildman–Crippen LogP) is 4.02. The minimum absolute atomic E-state index is 0.0959. The molecule has 1 aromatic carbocycles. The van der Waals surface area contributed by atoms with Gasteiger partial charge in [0.1, 0.15) is 12.1 Å². The first-order valence-electron chi connectivity index (χ1n) is 5.89. The Labute approximate surface area is 133 Å². The SMILES string of the molecule is CCNc1ncnc(Oc2cc(Br)ccc2Cl)c1[N+](=O)[O-]. The van der Waals surface area contributed by atoms with Crippen LogP contribution in [-0.2, 0) is 0 Å². The standard InChI is InChI=1S/C12H10BrClN4O3/c1-2-15-11-10(18(19)20)12(17-6-16-11)21-9-5-7(13)3-4-8(9)14/h3-6H,2H2,1H3,(H,15,16,17). The van der Waals surface area contributed by atoms with E-state index >= 15 is 0 Å². The smallest absolute Gasteiger partial charge is 0.373 e. The van der Waals surface area contributed by atoms with Crippen LogP contribution in [0.4, 0.5) is 11.5 Å². The molecule has 1 heterocycles. The van der Waals surface area contributed by atoms with Crippen molar-refractivity contribution in [2.24, 2.45) is 0 Å². The Bertz CT molecular complexity index is 684. The number of aromatic nitrogens is 2. The average Bonchev–Trinajstić information content (AvgIpc) is 2.43. The second-order valence-electron chi connectivity index (χ2n) is 3.84. The minimum Gasteiger partial charge on any atom is -0.432 e. The third-order valence-electron chi connectivity index (χ3n) is 2.42. The van der Waals surface area contributed by atoms with E-state index in [-0.39, 0.29) is 23.1 Å². The second kappa shape index (κ2) is 6.68. The van der Waals surface area contributed by atoms with Crippen LogP contribution in [-0.4, -0.2) is 21.4 Å². The molecule has 0 aliphatic rings. The molecule has 7 nitrogen and oxygen atoms in total. The summed E-state index contributed by atoms with van der Waals surface area (Å²) in [5, 5.41) is 14.3. The summed E-state index contributed by atoms with van der Waals surface area (Å²) >= 11 is 9.28. The number of nitrogens with one attached hydrogen (secondary N) is 1. The van der Waals surface area contributed by atoms with Crippen molar-refractivity contribution in [1.82, 2.24) is 9.97 Å². The van der Waals surface area contributed by atoms with Crippen LogP contribution < -0.4 is 10.1 Å². The van der Waals surface area contributed by atoms with Gasteiger partial charge in [0, 0.05) is 11.0 Å². The van der Waals surface area contributed by atoms with E-state index in [1.807, 2.05) is 0 Å². The van der Waals surface area contributed by atoms with E-state index in [9.17, 15) is 10.1 Å². The van der Waals surface area contributed by atoms with E-state index in [0.717, 1.165) is 4.47 Å². The molecule has 21 heavy (non-hydrogen) atoms. The number of hydrogen-bond donors (Lipinski definition) is 1. The van der Waals surface area contributed by atoms with Crippen LogP contribution in [0.5, 0.6) is 11.6 Å². The fourth-order valence-corrected chi connectivity index (χ4v) is 2.05. The van der Waals surface area contributed by atoms with Gasteiger partial charge in [-0.15, -0.1) is 0 Å². The van der Waals surface area contributed by atoms with Crippen LogP contribution in [0.1, 0.15) is 6.92 Å². The molecular weight excluding hydrogens is 364 g/mol. The molecule has 2 aromatic rings. The van der Waals surface area contributed by atoms with Crippen molar-refractivity contribution < 1.29 is 9.66 Å². The molecular formula is C12H10BrClN4O3. The van der Waals surface area contributed by atoms with Gasteiger partial charge in [0.05, 0.1) is 9.95 Å². The van der Waals surface area contributed by atoms with Crippen molar-refractivity contribution in [3.63, 3.8) is 0 Å². The van der Waals surface area contributed by atoms with Gasteiger partial charge < -0.3 is 10.1 Å². The van der Waals surface area contributed by atoms with Crippen molar-refractivity contribution in [3.05, 3.63) is 44.1 Å². The zero-order chi connectivity index (χ0) is 15.4. The molecule has 0 spiro atoms. The first-order valence-corrected chi connectivity index (χ1v) is 7.06. The van der Waals surface area contributed by atoms with Crippen LogP contribution in [0.15, 0.2) is 29.0 Å². The summed E-state index contributed by atoms with van der Waals surface area (Å²) in [5.74, 6) is 0.180. The molecule has 0 saturated heterocycles. The molecule has 0 aliphatic heterocycles. The number of ether oxygens (including phenoxy) is 1. The summed E-state index contributed by atoms with van der Waals surface area (Å²) in [6.45, 7) is 2.28. The normalized spacial score (nSPS) is 10.2. The summed E-state index contributed by atoms with van der Waals surface area (Å²) in [7, 11) is 0. The lowest BCUT2D eigenvalue weighted by Crippen LogP contribution is -2.06. The third kappa shape index (κ3) is 3.59. The minimum atomic E-state index is -0.598. The maximum atomic E-state index is 11.2. The molecule has 110 valence electrons. The Morgan fingerprint density at radius 2 is 2.24 bits per heavy atom. The van der Waals surface area contributed by atoms with Crippen molar-refractivity contribution in [2.45, 2.75) is 6.92 Å². The molecule has 0 fully saturated rings. The van der Waals surface area contributed by atoms with Gasteiger partial charge in [0.25, 0.3) is 0 Å². The number of nitrogens with zero attached hydrogens (tertiary/aromatic N) is 3. The monoisotopic (exact) mass is 372 g/mol. The van der Waals surface area contributed by atoms with Crippen molar-refractivity contribution in [3.8, 4) is 11.6 Å². The Balaban J connectivity index is 2.46. The maximum Gasteiger partial charge on any atom is 0.373 e. The molecule has 2 rings (SSSR count). The third-order valence-corrected chi connectivity index (χ3v) is 3.22. The molecule has 0 atom stereocenters. The average molecular weight is 374 g/mol. The lowest BCUT2D eigenvalue weighted by molar-refractivity contribution is -0.385. The molecule has 0 radical (unpaired) electrons. The zero-order valence-electron chi connectivity index (χ0n) is 10.8. The van der Waals surface area contributed by atoms with Gasteiger partial charge in [-0.2, -0.15) is 4.98 Å². The molecule has 9 heteroatoms. The molecule has 0 aliphatic carbocycles. The van der Waals surface area contributed by atoms with E-state index in [2.05, 4.69) is 31.2 Å². The molecule has 1 aromatic heterocycles. The van der Waals surface area contributed by atoms with E-state index < -0.39 is 4.92 Å². The van der Waals surface area contributed by atoms with E-state index in [1.165, 1.54) is 6.33 Å². The van der Waals surface area contributed by atoms with Gasteiger partial charge in [0.2, 0.25) is 5.82 Å². The highest BCUT2D eigenvalue weighted by atomic mass is 79.9. The van der Waals surface area contributed by atoms with Gasteiger partial charge in [-0.25, -0.2) is 4.98 Å². The van der Waals surface area contributed by atoms with E-state index in [0.29, 0.717) is 11.6 Å². The fourth-order valence-electron chi connectivity index (χ4n) is 1.56. The van der Waals surface area contributed by atoms with Crippen molar-refractivity contribution in [2.75, 3.05) is 11.9 Å². The molecule has 0 amide bonds. The number of hydrogen-bond acceptors (Lipinski definition) is 6. The van der Waals surface area contributed by atoms with Gasteiger partial charge in [-0.1, -0.05) is 27.5 Å². The number of halogens is 2. The maximum absolute atomic E-state index is 11.2. The Hall–Kier alpha value is -1.93. The molecule has 0 bridgehead atoms. The Morgan fingerprint density at radius 1 is 1.48 bits per heavy atom. The summed E-state index contributed by atoms with van der Waals surface area (Å²) < 4.78 is 6.20. The number of anilines is 1. The predicted molar refractivity (Wildman–Crippen MR) is 82.1 cm³/mol. The van der Waals surface area contributed by atoms with E-state index in [1.54, 1.807) is 25.1 Å². The van der Waals surface area contributed by atoms with E-state index in [4.69, 9.17) is 16.3 Å². The van der Waals surface area contributed by atoms with Crippen LogP contribution in [0.2, 0.25) is 5.02 Å². The first-order chi connectivity index (χ1) is 10.0. The second-order valence-corrected chi connectivity index (χ2v) is 5.16. The Morgan fingerprint density at radius 3 is 2.90 bits per heavy atom. The summed E-state index contributed by atoms with van der Waals surface area (Å²) in [5.41, 5.74) is -0.338. The van der Waals surface area contributed by atoms with Gasteiger partial charge in [-0.3, -0.25) is 10.1 Å². The Kier molecular flexibility index (Phi) is 4.92. The van der Waals surface area contributed by atoms with Crippen molar-refractivity contribution in [1.29, 1.82) is 0 Å². The summed E-state index contributed by atoms with van der Waals surface area (Å²) in [4.78, 5) is 18.3. The van der Waals surface area contributed by atoms with Crippen LogP contribution in [0.3, 0.4) is 0 Å². The topological polar surface area (TPSA) is 90.2 Å². The number of benzene rings is 1.